The van der Waals surface area contributed by atoms with Crippen molar-refractivity contribution in [2.45, 2.75) is 71.3 Å². The first-order valence-corrected chi connectivity index (χ1v) is 7.64. The van der Waals surface area contributed by atoms with E-state index in [0.29, 0.717) is 12.8 Å². The molecule has 22 heavy (non-hydrogen) atoms. The summed E-state index contributed by atoms with van der Waals surface area (Å²) in [7, 11) is 0. The molecule has 130 valence electrons. The number of ether oxygens (including phenoxy) is 1. The number of aliphatic hydroxyl groups is 2. The van der Waals surface area contributed by atoms with Gasteiger partial charge in [0.25, 0.3) is 0 Å². The van der Waals surface area contributed by atoms with Crippen LogP contribution in [0.2, 0.25) is 0 Å². The summed E-state index contributed by atoms with van der Waals surface area (Å²) in [5.74, 6) is -2.46. The molecule has 0 rings (SSSR count). The van der Waals surface area contributed by atoms with Crippen molar-refractivity contribution in [1.82, 2.24) is 0 Å². The van der Waals surface area contributed by atoms with Crippen molar-refractivity contribution in [2.75, 3.05) is 6.61 Å². The fourth-order valence-electron chi connectivity index (χ4n) is 1.39. The molecule has 7 heteroatoms. The number of hydrogen-bond acceptors (Lipinski definition) is 6. The Hall–Kier alpha value is -1.47. The van der Waals surface area contributed by atoms with Gasteiger partial charge in [0.15, 0.2) is 6.10 Å². The summed E-state index contributed by atoms with van der Waals surface area (Å²) in [4.78, 5) is 31.3. The smallest absolute Gasteiger partial charge is 0.345 e. The lowest BCUT2D eigenvalue weighted by Crippen LogP contribution is -2.28. The maximum atomic E-state index is 10.6. The monoisotopic (exact) mass is 320 g/mol. The predicted molar refractivity (Wildman–Crippen MR) is 80.1 cm³/mol. The van der Waals surface area contributed by atoms with Crippen LogP contribution in [0.15, 0.2) is 0 Å². The van der Waals surface area contributed by atoms with Crippen LogP contribution < -0.4 is 0 Å². The second kappa shape index (κ2) is 15.9. The summed E-state index contributed by atoms with van der Waals surface area (Å²) in [5, 5.41) is 25.2. The Morgan fingerprint density at radius 1 is 0.955 bits per heavy atom. The first-order chi connectivity index (χ1) is 10.4. The summed E-state index contributed by atoms with van der Waals surface area (Å²) in [6.45, 7) is 3.17. The number of aliphatic hydroxyl groups excluding tert-OH is 2. The molecule has 0 heterocycles. The first kappa shape index (κ1) is 22.8. The highest BCUT2D eigenvalue weighted by atomic mass is 16.6. The second-order valence-corrected chi connectivity index (χ2v) is 4.80. The number of esters is 2. The Kier molecular flexibility index (Phi) is 16.5. The zero-order valence-electron chi connectivity index (χ0n) is 13.4. The number of carbonyl (C=O) groups is 3. The van der Waals surface area contributed by atoms with E-state index in [9.17, 15) is 14.4 Å². The Balaban J connectivity index is 0. The average molecular weight is 320 g/mol. The number of unbranched alkanes of at least 4 members (excludes halogenated alkanes) is 4. The zero-order chi connectivity index (χ0) is 17.4. The molecule has 0 aliphatic rings. The maximum absolute atomic E-state index is 10.6. The minimum absolute atomic E-state index is 0.129. The Morgan fingerprint density at radius 3 is 2.00 bits per heavy atom. The van der Waals surface area contributed by atoms with Gasteiger partial charge < -0.3 is 20.1 Å². The van der Waals surface area contributed by atoms with E-state index < -0.39 is 30.6 Å². The molecule has 7 nitrogen and oxygen atoms in total. The van der Waals surface area contributed by atoms with E-state index in [1.807, 2.05) is 0 Å². The Morgan fingerprint density at radius 2 is 1.55 bits per heavy atom. The van der Waals surface area contributed by atoms with Crippen molar-refractivity contribution in [3.05, 3.63) is 0 Å². The van der Waals surface area contributed by atoms with E-state index >= 15 is 0 Å². The average Bonchev–Trinajstić information content (AvgIpc) is 2.46. The molecule has 0 aliphatic carbocycles. The van der Waals surface area contributed by atoms with Gasteiger partial charge in [-0.15, -0.1) is 0 Å². The van der Waals surface area contributed by atoms with Gasteiger partial charge in [0, 0.05) is 12.8 Å². The number of carbonyl (C=O) groups excluding carboxylic acids is 2. The van der Waals surface area contributed by atoms with E-state index in [4.69, 9.17) is 15.3 Å². The maximum Gasteiger partial charge on any atom is 0.345 e. The third-order valence-electron chi connectivity index (χ3n) is 2.61. The first-order valence-electron chi connectivity index (χ1n) is 7.64. The van der Waals surface area contributed by atoms with Crippen LogP contribution in [0.25, 0.3) is 0 Å². The molecule has 1 unspecified atom stereocenters. The predicted octanol–water partition coefficient (Wildman–Crippen LogP) is 1.64. The van der Waals surface area contributed by atoms with Crippen LogP contribution in [0.1, 0.15) is 65.2 Å². The van der Waals surface area contributed by atoms with E-state index in [-0.39, 0.29) is 6.42 Å². The van der Waals surface area contributed by atoms with Gasteiger partial charge in [0.2, 0.25) is 0 Å². The molecule has 0 bridgehead atoms. The number of rotatable bonds is 10. The molecule has 0 aliphatic heterocycles. The van der Waals surface area contributed by atoms with Crippen LogP contribution in [-0.2, 0) is 19.1 Å². The van der Waals surface area contributed by atoms with E-state index in [0.717, 1.165) is 12.8 Å². The second-order valence-electron chi connectivity index (χ2n) is 4.80. The van der Waals surface area contributed by atoms with E-state index in [1.165, 1.54) is 19.3 Å². The summed E-state index contributed by atoms with van der Waals surface area (Å²) in [6.07, 6.45) is 4.96. The van der Waals surface area contributed by atoms with Crippen LogP contribution in [0.5, 0.6) is 0 Å². The van der Waals surface area contributed by atoms with Gasteiger partial charge in [0.1, 0.15) is 0 Å². The molecular formula is C15H28O7. The minimum atomic E-state index is -1.62. The van der Waals surface area contributed by atoms with Crippen molar-refractivity contribution in [2.24, 2.45) is 0 Å². The Labute approximate surface area is 131 Å². The highest BCUT2D eigenvalue weighted by Gasteiger charge is 2.18. The van der Waals surface area contributed by atoms with Gasteiger partial charge in [-0.25, -0.2) is 4.79 Å². The van der Waals surface area contributed by atoms with E-state index in [2.05, 4.69) is 11.7 Å². The summed E-state index contributed by atoms with van der Waals surface area (Å²) >= 11 is 0. The largest absolute Gasteiger partial charge is 0.481 e. The van der Waals surface area contributed by atoms with Crippen LogP contribution in [0, 0.1) is 0 Å². The zero-order valence-corrected chi connectivity index (χ0v) is 13.4. The highest BCUT2D eigenvalue weighted by Crippen LogP contribution is 2.04. The lowest BCUT2D eigenvalue weighted by atomic mass is 10.1. The molecule has 0 aromatic heterocycles. The lowest BCUT2D eigenvalue weighted by Gasteiger charge is -2.05. The molecule has 0 spiro atoms. The summed E-state index contributed by atoms with van der Waals surface area (Å²) in [5.41, 5.74) is 0. The van der Waals surface area contributed by atoms with Crippen LogP contribution in [0.3, 0.4) is 0 Å². The van der Waals surface area contributed by atoms with Crippen molar-refractivity contribution in [3.8, 4) is 0 Å². The number of carboxylic acid groups (broad SMARTS) is 1. The van der Waals surface area contributed by atoms with Crippen molar-refractivity contribution < 1.29 is 34.4 Å². The van der Waals surface area contributed by atoms with Crippen molar-refractivity contribution in [1.29, 1.82) is 0 Å². The highest BCUT2D eigenvalue weighted by molar-refractivity contribution is 5.87. The molecular weight excluding hydrogens is 292 g/mol. The van der Waals surface area contributed by atoms with Crippen molar-refractivity contribution >= 4 is 17.9 Å². The fraction of sp³-hybridized carbons (Fsp3) is 0.800. The quantitative estimate of drug-likeness (QED) is 0.318. The minimum Gasteiger partial charge on any atom is -0.481 e. The molecule has 0 saturated carbocycles. The normalized spacial score (nSPS) is 11.1. The SMILES string of the molecule is CCCC(=O)OC(=O)C(O)CO.CCCCCCCC(=O)O. The molecule has 0 aromatic rings. The molecule has 0 amide bonds. The van der Waals surface area contributed by atoms with Crippen molar-refractivity contribution in [3.63, 3.8) is 0 Å². The molecule has 0 saturated heterocycles. The molecule has 1 atom stereocenters. The number of hydrogen-bond donors (Lipinski definition) is 3. The van der Waals surface area contributed by atoms with Gasteiger partial charge >= 0.3 is 17.9 Å². The van der Waals surface area contributed by atoms with Gasteiger partial charge in [0.05, 0.1) is 6.61 Å². The van der Waals surface area contributed by atoms with E-state index in [1.54, 1.807) is 6.92 Å². The van der Waals surface area contributed by atoms with Crippen LogP contribution in [0.4, 0.5) is 0 Å². The van der Waals surface area contributed by atoms with Gasteiger partial charge in [-0.3, -0.25) is 9.59 Å². The summed E-state index contributed by atoms with van der Waals surface area (Å²) in [6, 6.07) is 0. The van der Waals surface area contributed by atoms with Gasteiger partial charge in [-0.2, -0.15) is 0 Å². The number of aliphatic carboxylic acids is 1. The van der Waals surface area contributed by atoms with Gasteiger partial charge in [-0.1, -0.05) is 39.5 Å². The molecule has 3 N–H and O–H groups in total. The molecule has 0 radical (unpaired) electrons. The van der Waals surface area contributed by atoms with Crippen LogP contribution >= 0.6 is 0 Å². The lowest BCUT2D eigenvalue weighted by molar-refractivity contribution is -0.167. The Bertz CT molecular complexity index is 315. The fourth-order valence-corrected chi connectivity index (χ4v) is 1.39. The molecule has 0 aromatic carbocycles. The van der Waals surface area contributed by atoms with Gasteiger partial charge in [-0.05, 0) is 12.8 Å². The third-order valence-corrected chi connectivity index (χ3v) is 2.61. The number of carboxylic acids is 1. The topological polar surface area (TPSA) is 121 Å². The third kappa shape index (κ3) is 16.6. The molecule has 0 fully saturated rings. The van der Waals surface area contributed by atoms with Crippen LogP contribution in [-0.4, -0.2) is 45.9 Å². The summed E-state index contributed by atoms with van der Waals surface area (Å²) < 4.78 is 4.16. The standard InChI is InChI=1S/C8H16O2.C7H12O5/c1-2-3-4-5-6-7-8(9)10;1-2-3-6(10)12-7(11)5(9)4-8/h2-7H2,1H3,(H,9,10);5,8-9H,2-4H2,1H3.